The maximum absolute atomic E-state index is 13.0. The van der Waals surface area contributed by atoms with Crippen LogP contribution in [-0.4, -0.2) is 13.2 Å². The Labute approximate surface area is 172 Å². The van der Waals surface area contributed by atoms with Gasteiger partial charge in [0.1, 0.15) is 17.2 Å². The number of hydrogen-bond donors (Lipinski definition) is 1. The van der Waals surface area contributed by atoms with Gasteiger partial charge in [-0.15, -0.1) is 0 Å². The van der Waals surface area contributed by atoms with Crippen LogP contribution in [0.1, 0.15) is 30.9 Å². The minimum Gasteiger partial charge on any atom is -0.490 e. The first kappa shape index (κ1) is 19.4. The van der Waals surface area contributed by atoms with Gasteiger partial charge in [-0.3, -0.25) is 0 Å². The van der Waals surface area contributed by atoms with E-state index < -0.39 is 11.5 Å². The molecule has 1 aromatic heterocycles. The molecule has 7 nitrogen and oxygen atoms in total. The number of allylic oxidation sites excluding steroid dienone is 1. The predicted octanol–water partition coefficient (Wildman–Crippen LogP) is 3.81. The molecule has 7 heteroatoms. The van der Waals surface area contributed by atoms with E-state index in [4.69, 9.17) is 24.4 Å². The number of hydrogen-bond acceptors (Lipinski definition) is 7. The van der Waals surface area contributed by atoms with Gasteiger partial charge >= 0.3 is 5.63 Å². The molecule has 1 aliphatic rings. The first-order valence-corrected chi connectivity index (χ1v) is 9.62. The maximum atomic E-state index is 13.0. The zero-order valence-corrected chi connectivity index (χ0v) is 16.6. The Bertz CT molecular complexity index is 1250. The molecule has 1 atom stereocenters. The van der Waals surface area contributed by atoms with Crippen molar-refractivity contribution in [2.24, 2.45) is 5.73 Å². The maximum Gasteiger partial charge on any atom is 0.344 e. The van der Waals surface area contributed by atoms with Gasteiger partial charge in [-0.1, -0.05) is 24.3 Å². The van der Waals surface area contributed by atoms with Gasteiger partial charge in [0.15, 0.2) is 17.2 Å². The molecule has 2 heterocycles. The molecule has 2 N–H and O–H groups in total. The zero-order valence-electron chi connectivity index (χ0n) is 16.6. The van der Waals surface area contributed by atoms with Crippen molar-refractivity contribution in [2.45, 2.75) is 19.8 Å². The number of nitrogens with zero attached hydrogens (tertiary/aromatic N) is 1. The summed E-state index contributed by atoms with van der Waals surface area (Å²) in [6.07, 6.45) is 0. The van der Waals surface area contributed by atoms with Gasteiger partial charge in [-0.05, 0) is 32.0 Å². The molecule has 1 aliphatic heterocycles. The van der Waals surface area contributed by atoms with Crippen molar-refractivity contribution in [3.05, 3.63) is 75.5 Å². The summed E-state index contributed by atoms with van der Waals surface area (Å²) in [7, 11) is 0. The fourth-order valence-corrected chi connectivity index (χ4v) is 3.71. The van der Waals surface area contributed by atoms with Crippen LogP contribution in [0.25, 0.3) is 11.0 Å². The second kappa shape index (κ2) is 7.84. The second-order valence-corrected chi connectivity index (χ2v) is 6.59. The van der Waals surface area contributed by atoms with Gasteiger partial charge < -0.3 is 24.4 Å². The van der Waals surface area contributed by atoms with E-state index in [1.54, 1.807) is 36.4 Å². The van der Waals surface area contributed by atoms with E-state index in [0.29, 0.717) is 41.2 Å². The summed E-state index contributed by atoms with van der Waals surface area (Å²) >= 11 is 0. The molecular formula is C23H20N2O5. The Balaban J connectivity index is 2.06. The van der Waals surface area contributed by atoms with Crippen LogP contribution in [0.2, 0.25) is 0 Å². The van der Waals surface area contributed by atoms with E-state index in [1.165, 1.54) is 0 Å². The monoisotopic (exact) mass is 404 g/mol. The van der Waals surface area contributed by atoms with Gasteiger partial charge in [-0.2, -0.15) is 5.26 Å². The Morgan fingerprint density at radius 2 is 1.87 bits per heavy atom. The van der Waals surface area contributed by atoms with Crippen LogP contribution in [0.15, 0.2) is 63.1 Å². The van der Waals surface area contributed by atoms with E-state index in [1.807, 2.05) is 19.9 Å². The largest absolute Gasteiger partial charge is 0.490 e. The molecule has 0 saturated carbocycles. The van der Waals surface area contributed by atoms with Crippen LogP contribution in [0.5, 0.6) is 17.2 Å². The highest BCUT2D eigenvalue weighted by molar-refractivity contribution is 5.86. The average Bonchev–Trinajstić information content (AvgIpc) is 2.74. The number of nitriles is 1. The highest BCUT2D eigenvalue weighted by Gasteiger charge is 2.37. The normalized spacial score (nSPS) is 15.3. The van der Waals surface area contributed by atoms with E-state index in [9.17, 15) is 10.1 Å². The number of rotatable bonds is 5. The molecule has 0 bridgehead atoms. The van der Waals surface area contributed by atoms with Crippen LogP contribution in [0.4, 0.5) is 0 Å². The summed E-state index contributed by atoms with van der Waals surface area (Å²) < 4.78 is 22.9. The third kappa shape index (κ3) is 3.03. The quantitative estimate of drug-likeness (QED) is 0.644. The summed E-state index contributed by atoms with van der Waals surface area (Å²) in [5.74, 6) is 0.378. The van der Waals surface area contributed by atoms with E-state index in [2.05, 4.69) is 6.07 Å². The fourth-order valence-electron chi connectivity index (χ4n) is 3.71. The Hall–Kier alpha value is -3.92. The third-order valence-electron chi connectivity index (χ3n) is 4.88. The Morgan fingerprint density at radius 3 is 2.60 bits per heavy atom. The number of para-hydroxylation sites is 2. The van der Waals surface area contributed by atoms with Crippen LogP contribution in [-0.2, 0) is 0 Å². The molecule has 0 unspecified atom stereocenters. The number of nitrogens with two attached hydrogens (primary N) is 1. The van der Waals surface area contributed by atoms with Gasteiger partial charge in [0.2, 0.25) is 5.88 Å². The summed E-state index contributed by atoms with van der Waals surface area (Å²) in [4.78, 5) is 13.0. The van der Waals surface area contributed by atoms with Crippen molar-refractivity contribution >= 4 is 11.0 Å². The van der Waals surface area contributed by atoms with Crippen LogP contribution in [0, 0.1) is 11.3 Å². The molecule has 3 aromatic rings. The Morgan fingerprint density at radius 1 is 1.10 bits per heavy atom. The lowest BCUT2D eigenvalue weighted by atomic mass is 9.83. The lowest BCUT2D eigenvalue weighted by molar-refractivity contribution is 0.284. The van der Waals surface area contributed by atoms with Crippen molar-refractivity contribution in [2.75, 3.05) is 13.2 Å². The molecule has 2 aromatic carbocycles. The molecule has 0 aliphatic carbocycles. The minimum absolute atomic E-state index is 0.0602. The van der Waals surface area contributed by atoms with Gasteiger partial charge in [0, 0.05) is 5.56 Å². The SMILES string of the molecule is CCOc1cccc([C@@H]2C(C#N)=C(N)Oc3c2c(=O)oc2ccccc32)c1OCC. The van der Waals surface area contributed by atoms with Crippen molar-refractivity contribution < 1.29 is 18.6 Å². The fraction of sp³-hybridized carbons (Fsp3) is 0.217. The number of benzene rings is 2. The zero-order chi connectivity index (χ0) is 21.3. The van der Waals surface area contributed by atoms with Crippen molar-refractivity contribution in [3.63, 3.8) is 0 Å². The lowest BCUT2D eigenvalue weighted by Crippen LogP contribution is -2.26. The molecule has 0 radical (unpaired) electrons. The van der Waals surface area contributed by atoms with Gasteiger partial charge in [0.05, 0.1) is 30.1 Å². The first-order chi connectivity index (χ1) is 14.6. The molecule has 0 amide bonds. The highest BCUT2D eigenvalue weighted by Crippen LogP contribution is 2.47. The highest BCUT2D eigenvalue weighted by atomic mass is 16.5. The van der Waals surface area contributed by atoms with Gasteiger partial charge in [0.25, 0.3) is 0 Å². The predicted molar refractivity (Wildman–Crippen MR) is 111 cm³/mol. The standard InChI is InChI=1S/C23H20N2O5/c1-3-27-17-11-7-9-14(20(17)28-4-2)18-15(12-24)22(25)30-21-13-8-5-6-10-16(13)29-23(26)19(18)21/h5-11,18H,3-4,25H2,1-2H3/t18-/m1/s1. The number of ether oxygens (including phenoxy) is 3. The number of fused-ring (bicyclic) bond motifs is 3. The summed E-state index contributed by atoms with van der Waals surface area (Å²) in [6, 6.07) is 14.5. The summed E-state index contributed by atoms with van der Waals surface area (Å²) in [6.45, 7) is 4.53. The topological polar surface area (TPSA) is 108 Å². The Kier molecular flexibility index (Phi) is 5.07. The molecular weight excluding hydrogens is 384 g/mol. The third-order valence-corrected chi connectivity index (χ3v) is 4.88. The van der Waals surface area contributed by atoms with Crippen molar-refractivity contribution in [1.29, 1.82) is 5.26 Å². The van der Waals surface area contributed by atoms with Gasteiger partial charge in [-0.25, -0.2) is 4.79 Å². The first-order valence-electron chi connectivity index (χ1n) is 9.62. The second-order valence-electron chi connectivity index (χ2n) is 6.59. The lowest BCUT2D eigenvalue weighted by Gasteiger charge is -2.27. The van der Waals surface area contributed by atoms with Crippen LogP contribution in [0.3, 0.4) is 0 Å². The summed E-state index contributed by atoms with van der Waals surface area (Å²) in [5, 5.41) is 10.4. The molecule has 152 valence electrons. The minimum atomic E-state index is -0.818. The van der Waals surface area contributed by atoms with E-state index in [0.717, 1.165) is 0 Å². The molecule has 0 fully saturated rings. The van der Waals surface area contributed by atoms with E-state index in [-0.39, 0.29) is 22.8 Å². The van der Waals surface area contributed by atoms with Crippen LogP contribution >= 0.6 is 0 Å². The van der Waals surface area contributed by atoms with Crippen molar-refractivity contribution in [3.8, 4) is 23.3 Å². The molecule has 4 rings (SSSR count). The molecule has 0 saturated heterocycles. The van der Waals surface area contributed by atoms with Crippen molar-refractivity contribution in [1.82, 2.24) is 0 Å². The van der Waals surface area contributed by atoms with Crippen LogP contribution < -0.4 is 25.6 Å². The molecule has 0 spiro atoms. The summed E-state index contributed by atoms with van der Waals surface area (Å²) in [5.41, 5.74) is 6.79. The van der Waals surface area contributed by atoms with E-state index >= 15 is 0 Å². The smallest absolute Gasteiger partial charge is 0.344 e. The average molecular weight is 404 g/mol. The molecule has 30 heavy (non-hydrogen) atoms.